The quantitative estimate of drug-likeness (QED) is 0.828. The maximum atomic E-state index is 5.94. The minimum absolute atomic E-state index is 0.247. The molecule has 5 nitrogen and oxygen atoms in total. The van der Waals surface area contributed by atoms with E-state index < -0.39 is 0 Å². The molecule has 0 saturated heterocycles. The first-order chi connectivity index (χ1) is 9.13. The summed E-state index contributed by atoms with van der Waals surface area (Å²) in [7, 11) is 0. The van der Waals surface area contributed by atoms with Crippen molar-refractivity contribution in [1.82, 2.24) is 20.2 Å². The Morgan fingerprint density at radius 3 is 2.89 bits per heavy atom. The summed E-state index contributed by atoms with van der Waals surface area (Å²) >= 11 is 5.94. The fourth-order valence-corrected chi connectivity index (χ4v) is 2.96. The van der Waals surface area contributed by atoms with E-state index in [1.165, 1.54) is 19.3 Å². The summed E-state index contributed by atoms with van der Waals surface area (Å²) in [6.45, 7) is 4.65. The molecule has 1 fully saturated rings. The molecule has 19 heavy (non-hydrogen) atoms. The number of rotatable bonds is 2. The number of anilines is 1. The molecule has 3 rings (SSSR count). The molecule has 1 aliphatic rings. The number of halogens is 1. The van der Waals surface area contributed by atoms with Crippen LogP contribution in [0.2, 0.25) is 5.28 Å². The van der Waals surface area contributed by atoms with Gasteiger partial charge in [-0.1, -0.05) is 13.8 Å². The van der Waals surface area contributed by atoms with Crippen molar-refractivity contribution in [2.24, 2.45) is 11.8 Å². The molecular weight excluding hydrogens is 262 g/mol. The van der Waals surface area contributed by atoms with Crippen LogP contribution in [0.5, 0.6) is 0 Å². The zero-order valence-corrected chi connectivity index (χ0v) is 11.9. The fourth-order valence-electron chi connectivity index (χ4n) is 2.79. The predicted molar refractivity (Wildman–Crippen MR) is 76.3 cm³/mol. The number of hydrogen-bond acceptors (Lipinski definition) is 4. The van der Waals surface area contributed by atoms with Gasteiger partial charge in [0.15, 0.2) is 5.65 Å². The highest BCUT2D eigenvalue weighted by Gasteiger charge is 2.25. The number of nitrogens with zero attached hydrogens (tertiary/aromatic N) is 3. The van der Waals surface area contributed by atoms with E-state index in [-0.39, 0.29) is 5.28 Å². The van der Waals surface area contributed by atoms with Crippen molar-refractivity contribution in [1.29, 1.82) is 0 Å². The second-order valence-corrected chi connectivity index (χ2v) is 5.92. The summed E-state index contributed by atoms with van der Waals surface area (Å²) in [6.07, 6.45) is 5.34. The third kappa shape index (κ3) is 2.52. The predicted octanol–water partition coefficient (Wildman–Crippen LogP) is 3.24. The lowest BCUT2D eigenvalue weighted by molar-refractivity contribution is 0.260. The highest BCUT2D eigenvalue weighted by atomic mass is 35.5. The Labute approximate surface area is 117 Å². The molecule has 2 aromatic rings. The molecule has 1 aliphatic carbocycles. The standard InChI is InChI=1S/C13H18ClN5/c1-7-3-4-9(5-8(7)2)16-11-10-6-15-19-12(10)18-13(14)17-11/h6-9H,3-5H2,1-2H3,(H2,15,16,17,18,19). The topological polar surface area (TPSA) is 66.5 Å². The number of aromatic nitrogens is 4. The molecule has 0 aliphatic heterocycles. The molecule has 0 bridgehead atoms. The fraction of sp³-hybridized carbons (Fsp3) is 0.615. The van der Waals surface area contributed by atoms with Gasteiger partial charge < -0.3 is 5.32 Å². The largest absolute Gasteiger partial charge is 0.367 e. The Hall–Kier alpha value is -1.36. The molecule has 3 unspecified atom stereocenters. The van der Waals surface area contributed by atoms with Gasteiger partial charge in [0, 0.05) is 6.04 Å². The van der Waals surface area contributed by atoms with Gasteiger partial charge in [0.25, 0.3) is 0 Å². The average Bonchev–Trinajstić information content (AvgIpc) is 2.82. The van der Waals surface area contributed by atoms with E-state index >= 15 is 0 Å². The zero-order chi connectivity index (χ0) is 13.4. The third-order valence-corrected chi connectivity index (χ3v) is 4.39. The van der Waals surface area contributed by atoms with Gasteiger partial charge >= 0.3 is 0 Å². The number of fused-ring (bicyclic) bond motifs is 1. The number of hydrogen-bond donors (Lipinski definition) is 2. The van der Waals surface area contributed by atoms with Gasteiger partial charge in [0.05, 0.1) is 11.6 Å². The lowest BCUT2D eigenvalue weighted by Gasteiger charge is -2.32. The van der Waals surface area contributed by atoms with Gasteiger partial charge in [-0.3, -0.25) is 5.10 Å². The molecule has 0 spiro atoms. The van der Waals surface area contributed by atoms with Crippen LogP contribution in [0, 0.1) is 11.8 Å². The zero-order valence-electron chi connectivity index (χ0n) is 11.2. The Bertz CT molecular complexity index is 581. The van der Waals surface area contributed by atoms with Crippen LogP contribution in [0.1, 0.15) is 33.1 Å². The third-order valence-electron chi connectivity index (χ3n) is 4.22. The SMILES string of the molecule is CC1CCC(Nc2nc(Cl)nc3[nH]ncc23)CC1C. The van der Waals surface area contributed by atoms with Crippen LogP contribution in [0.15, 0.2) is 6.20 Å². The maximum absolute atomic E-state index is 5.94. The first-order valence-electron chi connectivity index (χ1n) is 6.76. The first kappa shape index (κ1) is 12.7. The second-order valence-electron chi connectivity index (χ2n) is 5.58. The van der Waals surface area contributed by atoms with Crippen LogP contribution in [0.3, 0.4) is 0 Å². The summed E-state index contributed by atoms with van der Waals surface area (Å²) in [5, 5.41) is 11.5. The van der Waals surface area contributed by atoms with E-state index in [1.54, 1.807) is 6.20 Å². The van der Waals surface area contributed by atoms with E-state index in [9.17, 15) is 0 Å². The molecule has 0 radical (unpaired) electrons. The van der Waals surface area contributed by atoms with Crippen LogP contribution in [-0.2, 0) is 0 Å². The summed E-state index contributed by atoms with van der Waals surface area (Å²) in [5.41, 5.74) is 0.680. The second kappa shape index (κ2) is 4.96. The van der Waals surface area contributed by atoms with Crippen molar-refractivity contribution in [3.8, 4) is 0 Å². The van der Waals surface area contributed by atoms with E-state index in [2.05, 4.69) is 39.3 Å². The van der Waals surface area contributed by atoms with Crippen LogP contribution in [0.4, 0.5) is 5.82 Å². The Kier molecular flexibility index (Phi) is 3.31. The first-order valence-corrected chi connectivity index (χ1v) is 7.14. The van der Waals surface area contributed by atoms with Crippen molar-refractivity contribution in [2.75, 3.05) is 5.32 Å². The van der Waals surface area contributed by atoms with Crippen LogP contribution < -0.4 is 5.32 Å². The minimum atomic E-state index is 0.247. The summed E-state index contributed by atoms with van der Waals surface area (Å²) < 4.78 is 0. The number of aromatic amines is 1. The van der Waals surface area contributed by atoms with E-state index in [1.807, 2.05) is 0 Å². The Morgan fingerprint density at radius 1 is 1.26 bits per heavy atom. The normalized spacial score (nSPS) is 27.6. The Balaban J connectivity index is 1.83. The molecule has 102 valence electrons. The lowest BCUT2D eigenvalue weighted by Crippen LogP contribution is -2.30. The van der Waals surface area contributed by atoms with Gasteiger partial charge in [0.2, 0.25) is 5.28 Å². The average molecular weight is 280 g/mol. The smallest absolute Gasteiger partial charge is 0.226 e. The number of nitrogens with one attached hydrogen (secondary N) is 2. The molecule has 2 aromatic heterocycles. The van der Waals surface area contributed by atoms with Gasteiger partial charge in [-0.15, -0.1) is 0 Å². The van der Waals surface area contributed by atoms with Crippen molar-refractivity contribution in [2.45, 2.75) is 39.2 Å². The Morgan fingerprint density at radius 2 is 2.11 bits per heavy atom. The van der Waals surface area contributed by atoms with Crippen LogP contribution >= 0.6 is 11.6 Å². The van der Waals surface area contributed by atoms with Crippen molar-refractivity contribution in [3.63, 3.8) is 0 Å². The van der Waals surface area contributed by atoms with E-state index in [0.29, 0.717) is 11.7 Å². The monoisotopic (exact) mass is 279 g/mol. The van der Waals surface area contributed by atoms with E-state index in [0.717, 1.165) is 23.0 Å². The molecule has 6 heteroatoms. The molecule has 2 N–H and O–H groups in total. The summed E-state index contributed by atoms with van der Waals surface area (Å²) in [6, 6.07) is 0.454. The van der Waals surface area contributed by atoms with Crippen molar-refractivity contribution >= 4 is 28.5 Å². The van der Waals surface area contributed by atoms with Gasteiger partial charge in [-0.05, 0) is 42.7 Å². The molecule has 3 atom stereocenters. The van der Waals surface area contributed by atoms with E-state index in [4.69, 9.17) is 11.6 Å². The molecule has 1 saturated carbocycles. The highest BCUT2D eigenvalue weighted by molar-refractivity contribution is 6.28. The molecule has 0 amide bonds. The van der Waals surface area contributed by atoms with Crippen LogP contribution in [0.25, 0.3) is 11.0 Å². The van der Waals surface area contributed by atoms with Gasteiger partial charge in [-0.25, -0.2) is 0 Å². The lowest BCUT2D eigenvalue weighted by atomic mass is 9.79. The molecule has 0 aromatic carbocycles. The minimum Gasteiger partial charge on any atom is -0.367 e. The maximum Gasteiger partial charge on any atom is 0.226 e. The van der Waals surface area contributed by atoms with Gasteiger partial charge in [0.1, 0.15) is 5.82 Å². The van der Waals surface area contributed by atoms with Gasteiger partial charge in [-0.2, -0.15) is 15.1 Å². The van der Waals surface area contributed by atoms with Crippen LogP contribution in [-0.4, -0.2) is 26.2 Å². The van der Waals surface area contributed by atoms with Crippen molar-refractivity contribution in [3.05, 3.63) is 11.5 Å². The molecule has 2 heterocycles. The summed E-state index contributed by atoms with van der Waals surface area (Å²) in [4.78, 5) is 8.41. The van der Waals surface area contributed by atoms with Crippen molar-refractivity contribution < 1.29 is 0 Å². The highest BCUT2D eigenvalue weighted by Crippen LogP contribution is 2.32. The molecular formula is C13H18ClN5. The summed E-state index contributed by atoms with van der Waals surface area (Å²) in [5.74, 6) is 2.33. The number of H-pyrrole nitrogens is 1.